The maximum absolute atomic E-state index is 11.3. The summed E-state index contributed by atoms with van der Waals surface area (Å²) in [4.78, 5) is 11.3. The number of fused-ring (bicyclic) bond motifs is 1. The topological polar surface area (TPSA) is 35.5 Å². The van der Waals surface area contributed by atoms with Crippen molar-refractivity contribution in [2.45, 2.75) is 12.3 Å². The van der Waals surface area contributed by atoms with Crippen molar-refractivity contribution >= 4 is 5.97 Å². The number of hydrogen-bond donors (Lipinski definition) is 0. The van der Waals surface area contributed by atoms with Gasteiger partial charge in [0.1, 0.15) is 5.75 Å². The van der Waals surface area contributed by atoms with Gasteiger partial charge >= 0.3 is 5.97 Å². The fourth-order valence-corrected chi connectivity index (χ4v) is 2.51. The van der Waals surface area contributed by atoms with Crippen LogP contribution in [0.25, 0.3) is 0 Å². The molecule has 3 rings (SSSR count). The average molecular weight is 268 g/mol. The SMILES string of the molecule is COC(=O)c1ccc(OCC2Cc3ccccc32)cc1. The first kappa shape index (κ1) is 12.7. The zero-order valence-electron chi connectivity index (χ0n) is 11.3. The van der Waals surface area contributed by atoms with Gasteiger partial charge in [-0.2, -0.15) is 0 Å². The Labute approximate surface area is 118 Å². The monoisotopic (exact) mass is 268 g/mol. The normalized spacial score (nSPS) is 15.9. The maximum Gasteiger partial charge on any atom is 0.337 e. The summed E-state index contributed by atoms with van der Waals surface area (Å²) >= 11 is 0. The van der Waals surface area contributed by atoms with Crippen molar-refractivity contribution in [2.24, 2.45) is 0 Å². The predicted molar refractivity (Wildman–Crippen MR) is 76.2 cm³/mol. The molecule has 0 heterocycles. The smallest absolute Gasteiger partial charge is 0.337 e. The molecule has 2 aromatic rings. The number of carbonyl (C=O) groups is 1. The van der Waals surface area contributed by atoms with Crippen molar-refractivity contribution in [3.05, 3.63) is 65.2 Å². The minimum Gasteiger partial charge on any atom is -0.493 e. The summed E-state index contributed by atoms with van der Waals surface area (Å²) in [6.45, 7) is 0.675. The number of benzene rings is 2. The molecule has 0 amide bonds. The second-order valence-corrected chi connectivity index (χ2v) is 4.93. The second-order valence-electron chi connectivity index (χ2n) is 4.93. The van der Waals surface area contributed by atoms with Gasteiger partial charge in [0.15, 0.2) is 0 Å². The Morgan fingerprint density at radius 2 is 1.90 bits per heavy atom. The highest BCUT2D eigenvalue weighted by molar-refractivity contribution is 5.89. The number of rotatable bonds is 4. The fraction of sp³-hybridized carbons (Fsp3) is 0.235. The van der Waals surface area contributed by atoms with Crippen LogP contribution in [-0.4, -0.2) is 19.7 Å². The van der Waals surface area contributed by atoms with E-state index in [1.165, 1.54) is 18.2 Å². The Hall–Kier alpha value is -2.29. The number of ether oxygens (including phenoxy) is 2. The number of hydrogen-bond acceptors (Lipinski definition) is 3. The minimum atomic E-state index is -0.329. The van der Waals surface area contributed by atoms with Gasteiger partial charge in [0.25, 0.3) is 0 Å². The quantitative estimate of drug-likeness (QED) is 0.799. The van der Waals surface area contributed by atoms with Crippen molar-refractivity contribution in [1.82, 2.24) is 0 Å². The summed E-state index contributed by atoms with van der Waals surface area (Å²) in [5.41, 5.74) is 3.34. The van der Waals surface area contributed by atoms with Gasteiger partial charge in [-0.15, -0.1) is 0 Å². The zero-order valence-corrected chi connectivity index (χ0v) is 11.3. The minimum absolute atomic E-state index is 0.329. The molecule has 2 aromatic carbocycles. The van der Waals surface area contributed by atoms with Crippen LogP contribution in [0.3, 0.4) is 0 Å². The highest BCUT2D eigenvalue weighted by atomic mass is 16.5. The lowest BCUT2D eigenvalue weighted by Crippen LogP contribution is -2.23. The lowest BCUT2D eigenvalue weighted by molar-refractivity contribution is 0.0600. The predicted octanol–water partition coefficient (Wildman–Crippen LogP) is 3.19. The van der Waals surface area contributed by atoms with Gasteiger partial charge in [0.05, 0.1) is 19.3 Å². The van der Waals surface area contributed by atoms with Crippen LogP contribution in [0.1, 0.15) is 27.4 Å². The molecule has 0 fully saturated rings. The molecular formula is C17H16O3. The highest BCUT2D eigenvalue weighted by Crippen LogP contribution is 2.35. The Bertz CT molecular complexity index is 616. The summed E-state index contributed by atoms with van der Waals surface area (Å²) < 4.78 is 10.4. The second kappa shape index (κ2) is 5.37. The lowest BCUT2D eigenvalue weighted by Gasteiger charge is -2.29. The van der Waals surface area contributed by atoms with Crippen molar-refractivity contribution in [3.63, 3.8) is 0 Å². The van der Waals surface area contributed by atoms with Gasteiger partial charge in [0, 0.05) is 5.92 Å². The highest BCUT2D eigenvalue weighted by Gasteiger charge is 2.25. The molecule has 0 spiro atoms. The van der Waals surface area contributed by atoms with E-state index in [0.29, 0.717) is 18.1 Å². The van der Waals surface area contributed by atoms with Crippen LogP contribution in [0.15, 0.2) is 48.5 Å². The van der Waals surface area contributed by atoms with E-state index in [-0.39, 0.29) is 5.97 Å². The van der Waals surface area contributed by atoms with Gasteiger partial charge in [-0.25, -0.2) is 4.79 Å². The molecule has 0 radical (unpaired) electrons. The van der Waals surface area contributed by atoms with Crippen molar-refractivity contribution in [3.8, 4) is 5.75 Å². The molecule has 1 aliphatic rings. The maximum atomic E-state index is 11.3. The molecule has 102 valence electrons. The molecular weight excluding hydrogens is 252 g/mol. The molecule has 0 aliphatic heterocycles. The van der Waals surface area contributed by atoms with Gasteiger partial charge in [-0.05, 0) is 41.8 Å². The van der Waals surface area contributed by atoms with Gasteiger partial charge in [-0.3, -0.25) is 0 Å². The lowest BCUT2D eigenvalue weighted by atomic mass is 9.78. The number of esters is 1. The molecule has 0 bridgehead atoms. The van der Waals surface area contributed by atoms with Crippen molar-refractivity contribution < 1.29 is 14.3 Å². The molecule has 0 aromatic heterocycles. The number of carbonyl (C=O) groups excluding carboxylic acids is 1. The molecule has 1 unspecified atom stereocenters. The van der Waals surface area contributed by atoms with Gasteiger partial charge in [-0.1, -0.05) is 24.3 Å². The fourth-order valence-electron chi connectivity index (χ4n) is 2.51. The molecule has 3 nitrogen and oxygen atoms in total. The summed E-state index contributed by atoms with van der Waals surface area (Å²) in [5.74, 6) is 0.929. The van der Waals surface area contributed by atoms with Crippen LogP contribution < -0.4 is 4.74 Å². The first-order valence-electron chi connectivity index (χ1n) is 6.67. The van der Waals surface area contributed by atoms with E-state index in [9.17, 15) is 4.79 Å². The summed E-state index contributed by atoms with van der Waals surface area (Å²) in [6, 6.07) is 15.5. The van der Waals surface area contributed by atoms with Crippen molar-refractivity contribution in [1.29, 1.82) is 0 Å². The first-order valence-corrected chi connectivity index (χ1v) is 6.67. The molecule has 3 heteroatoms. The van der Waals surface area contributed by atoms with E-state index in [4.69, 9.17) is 4.74 Å². The molecule has 0 N–H and O–H groups in total. The van der Waals surface area contributed by atoms with E-state index in [0.717, 1.165) is 12.2 Å². The summed E-state index contributed by atoms with van der Waals surface area (Å²) in [7, 11) is 1.38. The van der Waals surface area contributed by atoms with Crippen LogP contribution in [-0.2, 0) is 11.2 Å². The van der Waals surface area contributed by atoms with Gasteiger partial charge in [0.2, 0.25) is 0 Å². The Kier molecular flexibility index (Phi) is 3.42. The molecule has 1 aliphatic carbocycles. The first-order chi connectivity index (χ1) is 9.78. The summed E-state index contributed by atoms with van der Waals surface area (Å²) in [6.07, 6.45) is 1.08. The van der Waals surface area contributed by atoms with E-state index in [1.54, 1.807) is 24.3 Å². The molecule has 0 saturated heterocycles. The number of methoxy groups -OCH3 is 1. The Balaban J connectivity index is 1.59. The van der Waals surface area contributed by atoms with E-state index >= 15 is 0 Å². The van der Waals surface area contributed by atoms with Crippen LogP contribution in [0, 0.1) is 0 Å². The molecule has 1 atom stereocenters. The van der Waals surface area contributed by atoms with E-state index in [2.05, 4.69) is 29.0 Å². The van der Waals surface area contributed by atoms with Crippen LogP contribution in [0.2, 0.25) is 0 Å². The molecule has 20 heavy (non-hydrogen) atoms. The Morgan fingerprint density at radius 3 is 2.60 bits per heavy atom. The third-order valence-corrected chi connectivity index (χ3v) is 3.69. The Morgan fingerprint density at radius 1 is 1.15 bits per heavy atom. The van der Waals surface area contributed by atoms with Crippen LogP contribution >= 0.6 is 0 Å². The van der Waals surface area contributed by atoms with Crippen molar-refractivity contribution in [2.75, 3.05) is 13.7 Å². The van der Waals surface area contributed by atoms with E-state index in [1.807, 2.05) is 0 Å². The van der Waals surface area contributed by atoms with Crippen LogP contribution in [0.4, 0.5) is 0 Å². The third-order valence-electron chi connectivity index (χ3n) is 3.69. The molecule has 0 saturated carbocycles. The third kappa shape index (κ3) is 2.39. The van der Waals surface area contributed by atoms with Gasteiger partial charge < -0.3 is 9.47 Å². The zero-order chi connectivity index (χ0) is 13.9. The summed E-state index contributed by atoms with van der Waals surface area (Å²) in [5, 5.41) is 0. The standard InChI is InChI=1S/C17H16O3/c1-19-17(18)12-6-8-15(9-7-12)20-11-14-10-13-4-2-3-5-16(13)14/h2-9,14H,10-11H2,1H3. The largest absolute Gasteiger partial charge is 0.493 e. The average Bonchev–Trinajstić information content (AvgIpc) is 2.48. The van der Waals surface area contributed by atoms with E-state index < -0.39 is 0 Å². The van der Waals surface area contributed by atoms with Crippen LogP contribution in [0.5, 0.6) is 5.75 Å².